The normalized spacial score (nSPS) is 11.8. The standard InChI is InChI=1S/C55H49N3O2/c1-32-17-23-47-46-15-12-16-48(53(46)60-54(47)58-32)49-24-22-39(31-57-49)44-13-10-11-14-45(44)40-27-41(29-43(28-40)59-9)52-36(5)34(3)33(2)35(4)51(52)38-20-18-37(19-21-38)50-30-42(25-26-56-50)55(6,7)8/h10-31H,1-9H3. The van der Waals surface area contributed by atoms with E-state index in [-0.39, 0.29) is 5.41 Å². The first-order valence-corrected chi connectivity index (χ1v) is 20.6. The third-order valence-corrected chi connectivity index (χ3v) is 12.3. The number of aryl methyl sites for hydroxylation is 1. The molecule has 0 saturated heterocycles. The number of fused-ring (bicyclic) bond motifs is 3. The fourth-order valence-corrected chi connectivity index (χ4v) is 8.59. The zero-order valence-electron chi connectivity index (χ0n) is 35.9. The minimum Gasteiger partial charge on any atom is -0.497 e. The first-order chi connectivity index (χ1) is 28.9. The summed E-state index contributed by atoms with van der Waals surface area (Å²) in [6, 6.07) is 43.0. The van der Waals surface area contributed by atoms with Crippen LogP contribution in [0.4, 0.5) is 0 Å². The van der Waals surface area contributed by atoms with Gasteiger partial charge < -0.3 is 9.15 Å². The number of nitrogens with zero attached hydrogens (tertiary/aromatic N) is 3. The van der Waals surface area contributed by atoms with Crippen LogP contribution in [0.1, 0.15) is 54.3 Å². The van der Waals surface area contributed by atoms with Crippen LogP contribution in [0.15, 0.2) is 138 Å². The molecule has 0 saturated carbocycles. The van der Waals surface area contributed by atoms with E-state index in [2.05, 4.69) is 169 Å². The SMILES string of the molecule is COc1cc(-c2ccccc2-c2ccc(-c3cccc4c3oc3nc(C)ccc34)nc2)cc(-c2c(C)c(C)c(C)c(C)c2-c2ccc(-c3cc(C(C)(C)C)ccn3)cc2)c1. The highest BCUT2D eigenvalue weighted by Gasteiger charge is 2.22. The number of para-hydroxylation sites is 1. The Morgan fingerprint density at radius 1 is 0.517 bits per heavy atom. The summed E-state index contributed by atoms with van der Waals surface area (Å²) in [5.74, 6) is 0.802. The van der Waals surface area contributed by atoms with Crippen molar-refractivity contribution in [2.24, 2.45) is 0 Å². The number of pyridine rings is 3. The fraction of sp³-hybridized carbons (Fsp3) is 0.182. The fourth-order valence-electron chi connectivity index (χ4n) is 8.59. The molecule has 0 fully saturated rings. The maximum absolute atomic E-state index is 6.32. The van der Waals surface area contributed by atoms with Gasteiger partial charge in [-0.25, -0.2) is 4.98 Å². The van der Waals surface area contributed by atoms with Gasteiger partial charge in [-0.05, 0) is 161 Å². The van der Waals surface area contributed by atoms with Crippen LogP contribution in [0.5, 0.6) is 5.75 Å². The van der Waals surface area contributed by atoms with Gasteiger partial charge in [-0.15, -0.1) is 0 Å². The maximum Gasteiger partial charge on any atom is 0.227 e. The summed E-state index contributed by atoms with van der Waals surface area (Å²) in [7, 11) is 1.75. The lowest BCUT2D eigenvalue weighted by Crippen LogP contribution is -2.11. The molecule has 0 aliphatic rings. The second-order valence-electron chi connectivity index (χ2n) is 17.0. The van der Waals surface area contributed by atoms with Gasteiger partial charge in [-0.2, -0.15) is 0 Å². The molecule has 296 valence electrons. The Kier molecular flexibility index (Phi) is 9.71. The molecule has 5 nitrogen and oxygen atoms in total. The van der Waals surface area contributed by atoms with Crippen molar-refractivity contribution in [3.05, 3.63) is 167 Å². The summed E-state index contributed by atoms with van der Waals surface area (Å²) in [4.78, 5) is 14.4. The predicted octanol–water partition coefficient (Wildman–Crippen LogP) is 14.6. The molecule has 0 radical (unpaired) electrons. The van der Waals surface area contributed by atoms with Crippen LogP contribution in [0.2, 0.25) is 0 Å². The summed E-state index contributed by atoms with van der Waals surface area (Å²) < 4.78 is 12.4. The number of hydrogen-bond acceptors (Lipinski definition) is 5. The van der Waals surface area contributed by atoms with E-state index in [9.17, 15) is 0 Å². The molecule has 4 aromatic heterocycles. The first kappa shape index (κ1) is 38.7. The van der Waals surface area contributed by atoms with E-state index >= 15 is 0 Å². The number of methoxy groups -OCH3 is 1. The molecule has 0 amide bonds. The summed E-state index contributed by atoms with van der Waals surface area (Å²) in [6.07, 6.45) is 3.89. The van der Waals surface area contributed by atoms with Crippen molar-refractivity contribution in [3.8, 4) is 72.8 Å². The summed E-state index contributed by atoms with van der Waals surface area (Å²) in [6.45, 7) is 17.7. The summed E-state index contributed by atoms with van der Waals surface area (Å²) >= 11 is 0. The molecular weight excluding hydrogens is 735 g/mol. The van der Waals surface area contributed by atoms with Gasteiger partial charge in [0, 0.05) is 45.6 Å². The van der Waals surface area contributed by atoms with Crippen LogP contribution in [0, 0.1) is 34.6 Å². The molecule has 0 bridgehead atoms. The Bertz CT molecular complexity index is 3090. The van der Waals surface area contributed by atoms with Crippen LogP contribution < -0.4 is 4.74 Å². The van der Waals surface area contributed by atoms with Gasteiger partial charge in [-0.1, -0.05) is 87.5 Å². The van der Waals surface area contributed by atoms with E-state index in [1.165, 1.54) is 44.5 Å². The van der Waals surface area contributed by atoms with Crippen LogP contribution in [-0.4, -0.2) is 22.1 Å². The third kappa shape index (κ3) is 6.84. The number of ether oxygens (including phenoxy) is 1. The topological polar surface area (TPSA) is 61.0 Å². The molecule has 0 unspecified atom stereocenters. The van der Waals surface area contributed by atoms with Crippen molar-refractivity contribution < 1.29 is 9.15 Å². The monoisotopic (exact) mass is 783 g/mol. The highest BCUT2D eigenvalue weighted by atomic mass is 16.5. The zero-order valence-corrected chi connectivity index (χ0v) is 35.9. The molecule has 5 heteroatoms. The van der Waals surface area contributed by atoms with Crippen LogP contribution in [-0.2, 0) is 5.41 Å². The Morgan fingerprint density at radius 2 is 1.17 bits per heavy atom. The Morgan fingerprint density at radius 3 is 1.85 bits per heavy atom. The molecule has 0 aliphatic heterocycles. The lowest BCUT2D eigenvalue weighted by Gasteiger charge is -2.23. The third-order valence-electron chi connectivity index (χ3n) is 12.3. The Balaban J connectivity index is 1.13. The molecule has 5 aromatic carbocycles. The van der Waals surface area contributed by atoms with Gasteiger partial charge in [0.2, 0.25) is 5.71 Å². The number of furan rings is 1. The lowest BCUT2D eigenvalue weighted by atomic mass is 9.81. The molecule has 0 spiro atoms. The van der Waals surface area contributed by atoms with E-state index in [4.69, 9.17) is 19.1 Å². The molecule has 0 N–H and O–H groups in total. The van der Waals surface area contributed by atoms with Crippen LogP contribution in [0.3, 0.4) is 0 Å². The second-order valence-corrected chi connectivity index (χ2v) is 17.0. The van der Waals surface area contributed by atoms with Gasteiger partial charge >= 0.3 is 0 Å². The number of hydrogen-bond donors (Lipinski definition) is 0. The minimum absolute atomic E-state index is 0.0440. The average Bonchev–Trinajstić information content (AvgIpc) is 3.64. The van der Waals surface area contributed by atoms with Crippen molar-refractivity contribution in [1.29, 1.82) is 0 Å². The van der Waals surface area contributed by atoms with Crippen LogP contribution >= 0.6 is 0 Å². The van der Waals surface area contributed by atoms with Crippen molar-refractivity contribution in [2.45, 2.75) is 60.8 Å². The van der Waals surface area contributed by atoms with Gasteiger partial charge in [-0.3, -0.25) is 9.97 Å². The largest absolute Gasteiger partial charge is 0.497 e. The number of rotatable bonds is 7. The first-order valence-electron chi connectivity index (χ1n) is 20.6. The van der Waals surface area contributed by atoms with Crippen molar-refractivity contribution in [2.75, 3.05) is 7.11 Å². The van der Waals surface area contributed by atoms with E-state index in [1.54, 1.807) is 7.11 Å². The second kappa shape index (κ2) is 15.1. The van der Waals surface area contributed by atoms with Crippen LogP contribution in [0.25, 0.3) is 89.1 Å². The van der Waals surface area contributed by atoms with Crippen molar-refractivity contribution in [1.82, 2.24) is 15.0 Å². The van der Waals surface area contributed by atoms with Crippen molar-refractivity contribution in [3.63, 3.8) is 0 Å². The minimum atomic E-state index is 0.0440. The molecule has 0 atom stereocenters. The maximum atomic E-state index is 6.32. The van der Waals surface area contributed by atoms with Gasteiger partial charge in [0.15, 0.2) is 0 Å². The van der Waals surface area contributed by atoms with E-state index < -0.39 is 0 Å². The smallest absolute Gasteiger partial charge is 0.227 e. The summed E-state index contributed by atoms with van der Waals surface area (Å²) in [5, 5.41) is 2.04. The average molecular weight is 784 g/mol. The lowest BCUT2D eigenvalue weighted by molar-refractivity contribution is 0.415. The van der Waals surface area contributed by atoms with Gasteiger partial charge in [0.1, 0.15) is 11.3 Å². The zero-order chi connectivity index (χ0) is 41.9. The molecule has 4 heterocycles. The molecule has 9 aromatic rings. The highest BCUT2D eigenvalue weighted by Crippen LogP contribution is 2.45. The quantitative estimate of drug-likeness (QED) is 0.161. The number of benzene rings is 5. The Hall–Kier alpha value is -6.85. The van der Waals surface area contributed by atoms with E-state index in [0.717, 1.165) is 78.1 Å². The molecule has 0 aliphatic carbocycles. The molecular formula is C55H49N3O2. The summed E-state index contributed by atoms with van der Waals surface area (Å²) in [5.41, 5.74) is 21.7. The van der Waals surface area contributed by atoms with E-state index in [0.29, 0.717) is 5.71 Å². The highest BCUT2D eigenvalue weighted by molar-refractivity contribution is 6.08. The Labute approximate surface area is 352 Å². The molecule has 60 heavy (non-hydrogen) atoms. The van der Waals surface area contributed by atoms with Gasteiger partial charge in [0.05, 0.1) is 18.5 Å². The van der Waals surface area contributed by atoms with E-state index in [1.807, 2.05) is 25.4 Å². The predicted molar refractivity (Wildman–Crippen MR) is 249 cm³/mol. The number of aromatic nitrogens is 3. The van der Waals surface area contributed by atoms with Crippen molar-refractivity contribution >= 4 is 22.1 Å². The van der Waals surface area contributed by atoms with Gasteiger partial charge in [0.25, 0.3) is 0 Å². The molecule has 9 rings (SSSR count).